The fourth-order valence-corrected chi connectivity index (χ4v) is 3.83. The van der Waals surface area contributed by atoms with E-state index in [2.05, 4.69) is 10.0 Å². The lowest BCUT2D eigenvalue weighted by molar-refractivity contribution is -0.155. The van der Waals surface area contributed by atoms with Crippen LogP contribution < -0.4 is 10.0 Å². The van der Waals surface area contributed by atoms with Gasteiger partial charge in [0.25, 0.3) is 5.91 Å². The van der Waals surface area contributed by atoms with Crippen molar-refractivity contribution >= 4 is 27.6 Å². The molecule has 2 atom stereocenters. The van der Waals surface area contributed by atoms with Gasteiger partial charge in [-0.3, -0.25) is 9.59 Å². The van der Waals surface area contributed by atoms with Crippen LogP contribution >= 0.6 is 0 Å². The van der Waals surface area contributed by atoms with Crippen LogP contribution in [-0.2, 0) is 24.3 Å². The number of aryl methyl sites for hydroxylation is 1. The predicted molar refractivity (Wildman–Crippen MR) is 111 cm³/mol. The van der Waals surface area contributed by atoms with Gasteiger partial charge in [0.1, 0.15) is 6.04 Å². The second kappa shape index (κ2) is 9.67. The summed E-state index contributed by atoms with van der Waals surface area (Å²) in [5.41, 5.74) is 1.63. The number of carbonyl (C=O) groups is 2. The standard InChI is InChI=1S/C21H26N2O5S/c1-14(2)19(23-29(26,27)18-8-6-5-7-9-18)21(25)28-16(4)20(24)22-17-12-10-15(3)11-13-17/h5-14,16,19,23H,1-4H3,(H,22,24)/t16-,19-/m1/s1. The van der Waals surface area contributed by atoms with Crippen molar-refractivity contribution in [1.29, 1.82) is 0 Å². The highest BCUT2D eigenvalue weighted by atomic mass is 32.2. The van der Waals surface area contributed by atoms with E-state index in [1.54, 1.807) is 44.2 Å². The largest absolute Gasteiger partial charge is 0.451 e. The van der Waals surface area contributed by atoms with E-state index in [1.807, 2.05) is 19.1 Å². The summed E-state index contributed by atoms with van der Waals surface area (Å²) in [4.78, 5) is 24.9. The van der Waals surface area contributed by atoms with Gasteiger partial charge in [0.05, 0.1) is 4.90 Å². The van der Waals surface area contributed by atoms with Crippen molar-refractivity contribution in [3.8, 4) is 0 Å². The Morgan fingerprint density at radius 1 is 0.931 bits per heavy atom. The van der Waals surface area contributed by atoms with E-state index in [0.717, 1.165) is 5.56 Å². The van der Waals surface area contributed by atoms with Gasteiger partial charge >= 0.3 is 5.97 Å². The van der Waals surface area contributed by atoms with Gasteiger partial charge in [0.15, 0.2) is 6.10 Å². The molecule has 0 heterocycles. The molecule has 2 aromatic carbocycles. The molecule has 156 valence electrons. The summed E-state index contributed by atoms with van der Waals surface area (Å²) < 4.78 is 32.7. The van der Waals surface area contributed by atoms with Crippen LogP contribution in [0.3, 0.4) is 0 Å². The Bertz CT molecular complexity index is 941. The SMILES string of the molecule is Cc1ccc(NC(=O)[C@@H](C)OC(=O)[C@H](NS(=O)(=O)c2ccccc2)C(C)C)cc1. The Labute approximate surface area is 171 Å². The molecule has 0 saturated heterocycles. The second-order valence-electron chi connectivity index (χ2n) is 7.09. The average Bonchev–Trinajstić information content (AvgIpc) is 2.68. The lowest BCUT2D eigenvalue weighted by Crippen LogP contribution is -2.47. The molecule has 8 heteroatoms. The Morgan fingerprint density at radius 2 is 1.52 bits per heavy atom. The minimum atomic E-state index is -3.91. The first-order valence-corrected chi connectivity index (χ1v) is 10.7. The molecule has 2 N–H and O–H groups in total. The number of hydrogen-bond donors (Lipinski definition) is 2. The number of nitrogens with one attached hydrogen (secondary N) is 2. The summed E-state index contributed by atoms with van der Waals surface area (Å²) in [6.45, 7) is 6.75. The molecule has 0 aliphatic heterocycles. The molecule has 0 saturated carbocycles. The van der Waals surface area contributed by atoms with Crippen molar-refractivity contribution in [2.75, 3.05) is 5.32 Å². The van der Waals surface area contributed by atoms with Crippen molar-refractivity contribution in [1.82, 2.24) is 4.72 Å². The minimum absolute atomic E-state index is 0.0450. The second-order valence-corrected chi connectivity index (χ2v) is 8.80. The molecular weight excluding hydrogens is 392 g/mol. The number of amides is 1. The molecule has 0 fully saturated rings. The van der Waals surface area contributed by atoms with Gasteiger partial charge in [-0.05, 0) is 44.0 Å². The van der Waals surface area contributed by atoms with E-state index < -0.39 is 34.0 Å². The zero-order valence-electron chi connectivity index (χ0n) is 16.9. The zero-order valence-corrected chi connectivity index (χ0v) is 17.7. The van der Waals surface area contributed by atoms with Crippen LogP contribution in [0, 0.1) is 12.8 Å². The molecule has 0 unspecified atom stereocenters. The third-order valence-electron chi connectivity index (χ3n) is 4.24. The van der Waals surface area contributed by atoms with Crippen LogP contribution in [-0.4, -0.2) is 32.4 Å². The lowest BCUT2D eigenvalue weighted by Gasteiger charge is -2.23. The molecule has 0 bridgehead atoms. The number of ether oxygens (including phenoxy) is 1. The van der Waals surface area contributed by atoms with E-state index in [1.165, 1.54) is 19.1 Å². The van der Waals surface area contributed by atoms with Crippen molar-refractivity contribution in [3.63, 3.8) is 0 Å². The van der Waals surface area contributed by atoms with Crippen molar-refractivity contribution in [2.24, 2.45) is 5.92 Å². The maximum atomic E-state index is 12.6. The highest BCUT2D eigenvalue weighted by Gasteiger charge is 2.31. The summed E-state index contributed by atoms with van der Waals surface area (Å²) >= 11 is 0. The van der Waals surface area contributed by atoms with Crippen LogP contribution in [0.2, 0.25) is 0 Å². The summed E-state index contributed by atoms with van der Waals surface area (Å²) in [6.07, 6.45) is -1.09. The Kier molecular flexibility index (Phi) is 7.53. The Morgan fingerprint density at radius 3 is 2.07 bits per heavy atom. The third kappa shape index (κ3) is 6.40. The van der Waals surface area contributed by atoms with Crippen LogP contribution in [0.5, 0.6) is 0 Å². The topological polar surface area (TPSA) is 102 Å². The van der Waals surface area contributed by atoms with Gasteiger partial charge in [-0.15, -0.1) is 0 Å². The molecule has 7 nitrogen and oxygen atoms in total. The predicted octanol–water partition coefficient (Wildman–Crippen LogP) is 2.87. The van der Waals surface area contributed by atoms with Gasteiger partial charge in [-0.25, -0.2) is 8.42 Å². The molecule has 0 radical (unpaired) electrons. The van der Waals surface area contributed by atoms with Gasteiger partial charge in [-0.2, -0.15) is 4.72 Å². The van der Waals surface area contributed by atoms with Crippen LogP contribution in [0.1, 0.15) is 26.3 Å². The molecule has 0 aromatic heterocycles. The van der Waals surface area contributed by atoms with Crippen LogP contribution in [0.4, 0.5) is 5.69 Å². The summed E-state index contributed by atoms with van der Waals surface area (Å²) in [5, 5.41) is 2.66. The lowest BCUT2D eigenvalue weighted by atomic mass is 10.1. The molecule has 2 aromatic rings. The van der Waals surface area contributed by atoms with E-state index in [9.17, 15) is 18.0 Å². The smallest absolute Gasteiger partial charge is 0.325 e. The van der Waals surface area contributed by atoms with Gasteiger partial charge in [0.2, 0.25) is 10.0 Å². The number of sulfonamides is 1. The average molecular weight is 419 g/mol. The fraction of sp³-hybridized carbons (Fsp3) is 0.333. The van der Waals surface area contributed by atoms with Gasteiger partial charge in [-0.1, -0.05) is 49.7 Å². The molecule has 0 aliphatic carbocycles. The molecule has 0 aliphatic rings. The number of anilines is 1. The highest BCUT2D eigenvalue weighted by molar-refractivity contribution is 7.89. The van der Waals surface area contributed by atoms with Gasteiger partial charge in [0, 0.05) is 5.69 Å². The summed E-state index contributed by atoms with van der Waals surface area (Å²) in [5.74, 6) is -1.70. The van der Waals surface area contributed by atoms with E-state index in [4.69, 9.17) is 4.74 Å². The maximum Gasteiger partial charge on any atom is 0.325 e. The highest BCUT2D eigenvalue weighted by Crippen LogP contribution is 2.14. The Balaban J connectivity index is 2.04. The number of hydrogen-bond acceptors (Lipinski definition) is 5. The van der Waals surface area contributed by atoms with Crippen molar-refractivity contribution < 1.29 is 22.7 Å². The molecule has 29 heavy (non-hydrogen) atoms. The third-order valence-corrected chi connectivity index (χ3v) is 5.69. The first-order chi connectivity index (χ1) is 13.6. The van der Waals surface area contributed by atoms with E-state index >= 15 is 0 Å². The maximum absolute atomic E-state index is 12.6. The van der Waals surface area contributed by atoms with Crippen LogP contribution in [0.15, 0.2) is 59.5 Å². The molecule has 2 rings (SSSR count). The minimum Gasteiger partial charge on any atom is -0.451 e. The number of esters is 1. The molecule has 0 spiro atoms. The normalized spacial score (nSPS) is 13.6. The number of carbonyl (C=O) groups excluding carboxylic acids is 2. The number of rotatable bonds is 8. The zero-order chi connectivity index (χ0) is 21.6. The van der Waals surface area contributed by atoms with Crippen molar-refractivity contribution in [2.45, 2.75) is 44.7 Å². The first-order valence-electron chi connectivity index (χ1n) is 9.25. The Hall–Kier alpha value is -2.71. The molecular formula is C21H26N2O5S. The fourth-order valence-electron chi connectivity index (χ4n) is 2.47. The van der Waals surface area contributed by atoms with Crippen LogP contribution in [0.25, 0.3) is 0 Å². The van der Waals surface area contributed by atoms with E-state index in [-0.39, 0.29) is 10.8 Å². The monoisotopic (exact) mass is 418 g/mol. The number of benzene rings is 2. The quantitative estimate of drug-likeness (QED) is 0.642. The van der Waals surface area contributed by atoms with E-state index in [0.29, 0.717) is 5.69 Å². The molecule has 1 amide bonds. The van der Waals surface area contributed by atoms with Gasteiger partial charge < -0.3 is 10.1 Å². The summed E-state index contributed by atoms with van der Waals surface area (Å²) in [7, 11) is -3.91. The summed E-state index contributed by atoms with van der Waals surface area (Å²) in [6, 6.07) is 13.8. The first kappa shape index (κ1) is 22.6. The van der Waals surface area contributed by atoms with Crippen molar-refractivity contribution in [3.05, 3.63) is 60.2 Å².